The van der Waals surface area contributed by atoms with E-state index in [9.17, 15) is 0 Å². The molecule has 16 heavy (non-hydrogen) atoms. The Labute approximate surface area is 94.3 Å². The fraction of sp³-hybridized carbons (Fsp3) is 0.364. The molecule has 2 N–H and O–H groups in total. The van der Waals surface area contributed by atoms with Gasteiger partial charge in [0.25, 0.3) is 0 Å². The van der Waals surface area contributed by atoms with Crippen molar-refractivity contribution in [2.24, 2.45) is 7.05 Å². The molecule has 2 rings (SSSR count). The summed E-state index contributed by atoms with van der Waals surface area (Å²) < 4.78 is 1.72. The van der Waals surface area contributed by atoms with E-state index in [1.807, 2.05) is 20.2 Å². The zero-order valence-corrected chi connectivity index (χ0v) is 9.73. The zero-order valence-electron chi connectivity index (χ0n) is 9.73. The number of nitrogens with two attached hydrogens (primary N) is 1. The van der Waals surface area contributed by atoms with E-state index in [0.717, 1.165) is 23.2 Å². The van der Waals surface area contributed by atoms with Crippen LogP contribution in [0.2, 0.25) is 0 Å². The lowest BCUT2D eigenvalue weighted by Gasteiger charge is -2.06. The van der Waals surface area contributed by atoms with Crippen LogP contribution in [0.4, 0.5) is 5.82 Å². The molecule has 0 aliphatic rings. The van der Waals surface area contributed by atoms with Crippen molar-refractivity contribution in [1.29, 1.82) is 0 Å². The molecule has 0 aromatic carbocycles. The molecule has 0 saturated heterocycles. The Hall–Kier alpha value is -1.91. The lowest BCUT2D eigenvalue weighted by molar-refractivity contribution is 0.768. The topological polar surface area (TPSA) is 69.6 Å². The third-order valence-corrected chi connectivity index (χ3v) is 2.58. The van der Waals surface area contributed by atoms with Crippen molar-refractivity contribution < 1.29 is 0 Å². The Bertz CT molecular complexity index is 515. The van der Waals surface area contributed by atoms with E-state index in [1.54, 1.807) is 10.9 Å². The summed E-state index contributed by atoms with van der Waals surface area (Å²) >= 11 is 0. The number of rotatable bonds is 2. The molecule has 0 aliphatic heterocycles. The van der Waals surface area contributed by atoms with Crippen LogP contribution in [0, 0.1) is 6.92 Å². The van der Waals surface area contributed by atoms with Crippen LogP contribution in [0.5, 0.6) is 0 Å². The third kappa shape index (κ3) is 1.76. The van der Waals surface area contributed by atoms with Gasteiger partial charge in [0, 0.05) is 24.5 Å². The van der Waals surface area contributed by atoms with Gasteiger partial charge in [-0.2, -0.15) is 5.10 Å². The van der Waals surface area contributed by atoms with E-state index in [4.69, 9.17) is 5.73 Å². The van der Waals surface area contributed by atoms with Gasteiger partial charge in [0.2, 0.25) is 0 Å². The molecule has 0 saturated carbocycles. The molecule has 0 amide bonds. The van der Waals surface area contributed by atoms with Gasteiger partial charge in [-0.3, -0.25) is 4.68 Å². The van der Waals surface area contributed by atoms with E-state index in [2.05, 4.69) is 22.0 Å². The maximum atomic E-state index is 5.86. The van der Waals surface area contributed by atoms with Crippen molar-refractivity contribution in [2.75, 3.05) is 5.73 Å². The molecule has 0 unspecified atom stereocenters. The van der Waals surface area contributed by atoms with Crippen LogP contribution in [-0.2, 0) is 13.5 Å². The van der Waals surface area contributed by atoms with Crippen LogP contribution >= 0.6 is 0 Å². The predicted octanol–water partition coefficient (Wildman–Crippen LogP) is 1.33. The standard InChI is InChI=1S/C11H15N5/c1-4-9-7(2)10(12)15-11(14-9)8-5-13-16(3)6-8/h5-6H,4H2,1-3H3,(H2,12,14,15). The number of nitrogens with zero attached hydrogens (tertiary/aromatic N) is 4. The van der Waals surface area contributed by atoms with Crippen LogP contribution in [0.3, 0.4) is 0 Å². The van der Waals surface area contributed by atoms with E-state index < -0.39 is 0 Å². The smallest absolute Gasteiger partial charge is 0.164 e. The fourth-order valence-corrected chi connectivity index (χ4v) is 1.59. The maximum Gasteiger partial charge on any atom is 0.164 e. The van der Waals surface area contributed by atoms with Gasteiger partial charge in [0.1, 0.15) is 5.82 Å². The van der Waals surface area contributed by atoms with Crippen molar-refractivity contribution in [1.82, 2.24) is 19.7 Å². The van der Waals surface area contributed by atoms with Crippen molar-refractivity contribution in [3.8, 4) is 11.4 Å². The van der Waals surface area contributed by atoms with Gasteiger partial charge in [0.05, 0.1) is 11.8 Å². The summed E-state index contributed by atoms with van der Waals surface area (Å²) in [6.07, 6.45) is 4.47. The first-order chi connectivity index (χ1) is 7.61. The molecule has 5 nitrogen and oxygen atoms in total. The minimum atomic E-state index is 0.547. The SMILES string of the molecule is CCc1nc(-c2cnn(C)c2)nc(N)c1C. The van der Waals surface area contributed by atoms with Gasteiger partial charge in [0.15, 0.2) is 5.82 Å². The molecule has 84 valence electrons. The summed E-state index contributed by atoms with van der Waals surface area (Å²) in [6, 6.07) is 0. The number of anilines is 1. The highest BCUT2D eigenvalue weighted by Crippen LogP contribution is 2.19. The molecular formula is C11H15N5. The molecule has 0 aliphatic carbocycles. The first-order valence-electron chi connectivity index (χ1n) is 5.23. The normalized spacial score (nSPS) is 10.7. The van der Waals surface area contributed by atoms with E-state index in [-0.39, 0.29) is 0 Å². The largest absolute Gasteiger partial charge is 0.383 e. The van der Waals surface area contributed by atoms with Crippen LogP contribution in [-0.4, -0.2) is 19.7 Å². The predicted molar refractivity (Wildman–Crippen MR) is 62.8 cm³/mol. The van der Waals surface area contributed by atoms with Crippen molar-refractivity contribution in [3.05, 3.63) is 23.7 Å². The molecule has 0 radical (unpaired) electrons. The highest BCUT2D eigenvalue weighted by molar-refractivity contribution is 5.56. The second-order valence-corrected chi connectivity index (χ2v) is 3.76. The minimum absolute atomic E-state index is 0.547. The van der Waals surface area contributed by atoms with Crippen LogP contribution in [0.1, 0.15) is 18.2 Å². The van der Waals surface area contributed by atoms with Crippen LogP contribution in [0.25, 0.3) is 11.4 Å². The summed E-state index contributed by atoms with van der Waals surface area (Å²) in [4.78, 5) is 8.77. The molecule has 0 fully saturated rings. The average molecular weight is 217 g/mol. The third-order valence-electron chi connectivity index (χ3n) is 2.58. The second kappa shape index (κ2) is 3.92. The van der Waals surface area contributed by atoms with Crippen molar-refractivity contribution in [3.63, 3.8) is 0 Å². The first-order valence-corrected chi connectivity index (χ1v) is 5.23. The molecule has 0 bridgehead atoms. The Morgan fingerprint density at radius 2 is 2.12 bits per heavy atom. The fourth-order valence-electron chi connectivity index (χ4n) is 1.59. The van der Waals surface area contributed by atoms with Crippen LogP contribution < -0.4 is 5.73 Å². The highest BCUT2D eigenvalue weighted by atomic mass is 15.2. The monoisotopic (exact) mass is 217 g/mol. The first kappa shape index (κ1) is 10.6. The van der Waals surface area contributed by atoms with Gasteiger partial charge < -0.3 is 5.73 Å². The van der Waals surface area contributed by atoms with Crippen LogP contribution in [0.15, 0.2) is 12.4 Å². The number of hydrogen-bond acceptors (Lipinski definition) is 4. The Kier molecular flexibility index (Phi) is 2.60. The van der Waals surface area contributed by atoms with Crippen molar-refractivity contribution in [2.45, 2.75) is 20.3 Å². The van der Waals surface area contributed by atoms with Gasteiger partial charge in [-0.25, -0.2) is 9.97 Å². The summed E-state index contributed by atoms with van der Waals surface area (Å²) in [7, 11) is 1.86. The summed E-state index contributed by atoms with van der Waals surface area (Å²) in [6.45, 7) is 4.00. The van der Waals surface area contributed by atoms with E-state index in [0.29, 0.717) is 11.6 Å². The van der Waals surface area contributed by atoms with Gasteiger partial charge in [-0.15, -0.1) is 0 Å². The summed E-state index contributed by atoms with van der Waals surface area (Å²) in [5.41, 5.74) is 8.72. The minimum Gasteiger partial charge on any atom is -0.383 e. The van der Waals surface area contributed by atoms with Gasteiger partial charge >= 0.3 is 0 Å². The Morgan fingerprint density at radius 1 is 1.38 bits per heavy atom. The second-order valence-electron chi connectivity index (χ2n) is 3.76. The molecule has 2 aromatic rings. The average Bonchev–Trinajstić information content (AvgIpc) is 2.69. The molecule has 2 heterocycles. The molecule has 0 atom stereocenters. The maximum absolute atomic E-state index is 5.86. The summed E-state index contributed by atoms with van der Waals surface area (Å²) in [5, 5.41) is 4.10. The Balaban J connectivity index is 2.54. The van der Waals surface area contributed by atoms with E-state index >= 15 is 0 Å². The van der Waals surface area contributed by atoms with Crippen molar-refractivity contribution >= 4 is 5.82 Å². The van der Waals surface area contributed by atoms with E-state index in [1.165, 1.54) is 0 Å². The quantitative estimate of drug-likeness (QED) is 0.823. The number of aromatic nitrogens is 4. The molecule has 0 spiro atoms. The highest BCUT2D eigenvalue weighted by Gasteiger charge is 2.09. The lowest BCUT2D eigenvalue weighted by atomic mass is 10.2. The molecule has 2 aromatic heterocycles. The zero-order chi connectivity index (χ0) is 11.7. The summed E-state index contributed by atoms with van der Waals surface area (Å²) in [5.74, 6) is 1.19. The lowest BCUT2D eigenvalue weighted by Crippen LogP contribution is -2.03. The van der Waals surface area contributed by atoms with Gasteiger partial charge in [-0.05, 0) is 13.3 Å². The number of hydrogen-bond donors (Lipinski definition) is 1. The van der Waals surface area contributed by atoms with Gasteiger partial charge in [-0.1, -0.05) is 6.92 Å². The molecular weight excluding hydrogens is 202 g/mol. The number of nitrogen functional groups attached to an aromatic ring is 1. The molecule has 5 heteroatoms. The number of aryl methyl sites for hydroxylation is 2. The Morgan fingerprint density at radius 3 is 2.69 bits per heavy atom.